The first-order chi connectivity index (χ1) is 12.7. The van der Waals surface area contributed by atoms with E-state index in [4.69, 9.17) is 4.74 Å². The third-order valence-corrected chi connectivity index (χ3v) is 4.65. The average molecular weight is 353 g/mol. The van der Waals surface area contributed by atoms with Crippen LogP contribution in [0.3, 0.4) is 0 Å². The fourth-order valence-electron chi connectivity index (χ4n) is 3.13. The smallest absolute Gasteiger partial charge is 0.162 e. The van der Waals surface area contributed by atoms with Gasteiger partial charge >= 0.3 is 0 Å². The van der Waals surface area contributed by atoms with Crippen LogP contribution in [0.15, 0.2) is 42.5 Å². The van der Waals surface area contributed by atoms with E-state index < -0.39 is 0 Å². The maximum Gasteiger partial charge on any atom is 0.162 e. The molecule has 0 aliphatic carbocycles. The maximum atomic E-state index is 12.5. The van der Waals surface area contributed by atoms with Crippen LogP contribution in [0, 0.1) is 0 Å². The summed E-state index contributed by atoms with van der Waals surface area (Å²) in [5.41, 5.74) is 2.56. The van der Waals surface area contributed by atoms with Crippen LogP contribution in [0.4, 0.5) is 0 Å². The van der Waals surface area contributed by atoms with Crippen LogP contribution in [0.25, 0.3) is 11.1 Å². The predicted molar refractivity (Wildman–Crippen MR) is 99.8 cm³/mol. The third kappa shape index (κ3) is 4.56. The molecule has 0 unspecified atom stereocenters. The van der Waals surface area contributed by atoms with E-state index >= 15 is 0 Å². The number of carbonyl (C=O) groups is 2. The topological polar surface area (TPSA) is 66.8 Å². The van der Waals surface area contributed by atoms with Crippen LogP contribution in [0.5, 0.6) is 5.75 Å². The number of morpholine rings is 1. The summed E-state index contributed by atoms with van der Waals surface area (Å²) in [7, 11) is 0. The zero-order chi connectivity index (χ0) is 18.4. The fourth-order valence-corrected chi connectivity index (χ4v) is 3.13. The monoisotopic (exact) mass is 353 g/mol. The molecule has 1 heterocycles. The SMILES string of the molecule is O=Cc1cc(-c2cccc(C(=O)CCCN3CCOCC3)c2)ccc1O. The van der Waals surface area contributed by atoms with Crippen LogP contribution < -0.4 is 0 Å². The standard InChI is InChI=1S/C21H23NO4/c23-15-19-14-17(6-7-21(19)25)16-3-1-4-18(13-16)20(24)5-2-8-22-9-11-26-12-10-22/h1,3-4,6-7,13-15,25H,2,5,8-12H2. The zero-order valence-electron chi connectivity index (χ0n) is 14.7. The minimum Gasteiger partial charge on any atom is -0.507 e. The van der Waals surface area contributed by atoms with E-state index in [9.17, 15) is 14.7 Å². The van der Waals surface area contributed by atoms with Gasteiger partial charge in [0.2, 0.25) is 0 Å². The second-order valence-electron chi connectivity index (χ2n) is 6.45. The van der Waals surface area contributed by atoms with Gasteiger partial charge in [-0.1, -0.05) is 24.3 Å². The summed E-state index contributed by atoms with van der Waals surface area (Å²) in [5.74, 6) is 0.0774. The number of rotatable bonds is 7. The molecule has 1 aliphatic rings. The summed E-state index contributed by atoms with van der Waals surface area (Å²) in [4.78, 5) is 25.8. The Balaban J connectivity index is 1.64. The summed E-state index contributed by atoms with van der Waals surface area (Å²) in [6, 6.07) is 12.3. The summed E-state index contributed by atoms with van der Waals surface area (Å²) in [5, 5.41) is 9.63. The summed E-state index contributed by atoms with van der Waals surface area (Å²) in [6.45, 7) is 4.32. The molecular formula is C21H23NO4. The number of Topliss-reactive ketones (excluding diaryl/α,β-unsaturated/α-hetero) is 1. The van der Waals surface area contributed by atoms with Gasteiger partial charge in [-0.3, -0.25) is 14.5 Å². The minimum absolute atomic E-state index is 0.0425. The molecule has 1 N–H and O–H groups in total. The molecule has 0 radical (unpaired) electrons. The number of phenols is 1. The number of carbonyl (C=O) groups excluding carboxylic acids is 2. The Morgan fingerprint density at radius 1 is 1.12 bits per heavy atom. The average Bonchev–Trinajstić information content (AvgIpc) is 2.69. The normalized spacial score (nSPS) is 14.9. The van der Waals surface area contributed by atoms with E-state index in [1.165, 1.54) is 6.07 Å². The van der Waals surface area contributed by atoms with Gasteiger partial charge in [-0.25, -0.2) is 0 Å². The van der Waals surface area contributed by atoms with Gasteiger partial charge in [0.15, 0.2) is 12.1 Å². The molecule has 3 rings (SSSR count). The van der Waals surface area contributed by atoms with Crippen molar-refractivity contribution in [1.82, 2.24) is 4.90 Å². The minimum atomic E-state index is -0.0425. The van der Waals surface area contributed by atoms with Crippen molar-refractivity contribution in [2.24, 2.45) is 0 Å². The molecule has 2 aromatic rings. The van der Waals surface area contributed by atoms with Crippen molar-refractivity contribution >= 4 is 12.1 Å². The van der Waals surface area contributed by atoms with Crippen molar-refractivity contribution in [2.75, 3.05) is 32.8 Å². The molecule has 0 spiro atoms. The summed E-state index contributed by atoms with van der Waals surface area (Å²) >= 11 is 0. The molecule has 136 valence electrons. The Kier molecular flexibility index (Phi) is 6.15. The highest BCUT2D eigenvalue weighted by Crippen LogP contribution is 2.26. The quantitative estimate of drug-likeness (QED) is 0.612. The first kappa shape index (κ1) is 18.3. The summed E-state index contributed by atoms with van der Waals surface area (Å²) in [6.07, 6.45) is 1.97. The van der Waals surface area contributed by atoms with Crippen molar-refractivity contribution in [2.45, 2.75) is 12.8 Å². The Morgan fingerprint density at radius 3 is 2.65 bits per heavy atom. The first-order valence-corrected chi connectivity index (χ1v) is 8.89. The number of aldehydes is 1. The lowest BCUT2D eigenvalue weighted by Crippen LogP contribution is -2.36. The number of hydrogen-bond acceptors (Lipinski definition) is 5. The Labute approximate surface area is 153 Å². The number of nitrogens with zero attached hydrogens (tertiary/aromatic N) is 1. The van der Waals surface area contributed by atoms with Crippen LogP contribution >= 0.6 is 0 Å². The Morgan fingerprint density at radius 2 is 1.88 bits per heavy atom. The van der Waals surface area contributed by atoms with Crippen molar-refractivity contribution in [1.29, 1.82) is 0 Å². The van der Waals surface area contributed by atoms with Crippen molar-refractivity contribution in [3.05, 3.63) is 53.6 Å². The lowest BCUT2D eigenvalue weighted by molar-refractivity contribution is 0.0371. The number of hydrogen-bond donors (Lipinski definition) is 1. The van der Waals surface area contributed by atoms with Crippen molar-refractivity contribution in [3.8, 4) is 16.9 Å². The lowest BCUT2D eigenvalue weighted by Gasteiger charge is -2.26. The van der Waals surface area contributed by atoms with Crippen molar-refractivity contribution < 1.29 is 19.4 Å². The summed E-state index contributed by atoms with van der Waals surface area (Å²) < 4.78 is 5.33. The van der Waals surface area contributed by atoms with Crippen LogP contribution in [-0.4, -0.2) is 54.9 Å². The molecule has 0 amide bonds. The van der Waals surface area contributed by atoms with Gasteiger partial charge in [0, 0.05) is 25.1 Å². The lowest BCUT2D eigenvalue weighted by atomic mass is 9.98. The van der Waals surface area contributed by atoms with E-state index in [0.717, 1.165) is 50.4 Å². The number of ketones is 1. The van der Waals surface area contributed by atoms with E-state index in [2.05, 4.69) is 4.90 Å². The number of aromatic hydroxyl groups is 1. The highest BCUT2D eigenvalue weighted by Gasteiger charge is 2.12. The largest absolute Gasteiger partial charge is 0.507 e. The molecule has 5 nitrogen and oxygen atoms in total. The van der Waals surface area contributed by atoms with E-state index in [1.54, 1.807) is 12.1 Å². The maximum absolute atomic E-state index is 12.5. The van der Waals surface area contributed by atoms with Crippen LogP contribution in [-0.2, 0) is 4.74 Å². The Bertz CT molecular complexity index is 781. The molecule has 1 fully saturated rings. The second-order valence-corrected chi connectivity index (χ2v) is 6.45. The highest BCUT2D eigenvalue weighted by molar-refractivity contribution is 5.97. The van der Waals surface area contributed by atoms with Gasteiger partial charge in [-0.05, 0) is 42.3 Å². The number of phenolic OH excluding ortho intramolecular Hbond substituents is 1. The highest BCUT2D eigenvalue weighted by atomic mass is 16.5. The van der Waals surface area contributed by atoms with Gasteiger partial charge in [-0.15, -0.1) is 0 Å². The molecule has 2 aromatic carbocycles. The van der Waals surface area contributed by atoms with Gasteiger partial charge in [-0.2, -0.15) is 0 Å². The number of benzene rings is 2. The van der Waals surface area contributed by atoms with Crippen LogP contribution in [0.2, 0.25) is 0 Å². The van der Waals surface area contributed by atoms with Gasteiger partial charge < -0.3 is 9.84 Å². The zero-order valence-corrected chi connectivity index (χ0v) is 14.7. The molecule has 26 heavy (non-hydrogen) atoms. The van der Waals surface area contributed by atoms with Crippen LogP contribution in [0.1, 0.15) is 33.6 Å². The number of ether oxygens (including phenoxy) is 1. The van der Waals surface area contributed by atoms with Gasteiger partial charge in [0.1, 0.15) is 5.75 Å². The van der Waals surface area contributed by atoms with Gasteiger partial charge in [0.05, 0.1) is 18.8 Å². The predicted octanol–water partition coefficient (Wildman–Crippen LogP) is 3.17. The molecule has 1 saturated heterocycles. The van der Waals surface area contributed by atoms with E-state index in [0.29, 0.717) is 18.3 Å². The molecule has 1 aliphatic heterocycles. The van der Waals surface area contributed by atoms with Gasteiger partial charge in [0.25, 0.3) is 0 Å². The fraction of sp³-hybridized carbons (Fsp3) is 0.333. The molecule has 0 atom stereocenters. The molecule has 5 heteroatoms. The Hall–Kier alpha value is -2.50. The second kappa shape index (κ2) is 8.74. The molecule has 0 aromatic heterocycles. The molecular weight excluding hydrogens is 330 g/mol. The molecule has 0 saturated carbocycles. The third-order valence-electron chi connectivity index (χ3n) is 4.65. The van der Waals surface area contributed by atoms with Crippen molar-refractivity contribution in [3.63, 3.8) is 0 Å². The van der Waals surface area contributed by atoms with E-state index in [-0.39, 0.29) is 17.1 Å². The molecule has 0 bridgehead atoms. The van der Waals surface area contributed by atoms with E-state index in [1.807, 2.05) is 24.3 Å². The first-order valence-electron chi connectivity index (χ1n) is 8.89.